The predicted octanol–water partition coefficient (Wildman–Crippen LogP) is 5.92. The Morgan fingerprint density at radius 2 is 1.96 bits per heavy atom. The summed E-state index contributed by atoms with van der Waals surface area (Å²) in [7, 11) is -2.27. The molecule has 1 N–H and O–H groups in total. The summed E-state index contributed by atoms with van der Waals surface area (Å²) in [6, 6.07) is 9.44. The molecule has 4 nitrogen and oxygen atoms in total. The van der Waals surface area contributed by atoms with Crippen molar-refractivity contribution < 1.29 is 18.7 Å². The lowest BCUT2D eigenvalue weighted by molar-refractivity contribution is 0.383. The number of phenols is 1. The fourth-order valence-electron chi connectivity index (χ4n) is 2.78. The molecule has 0 spiro atoms. The van der Waals surface area contributed by atoms with E-state index < -0.39 is 8.25 Å². The number of rotatable bonds is 7. The van der Waals surface area contributed by atoms with Gasteiger partial charge in [-0.25, -0.2) is 9.05 Å². The normalized spacial score (nSPS) is 11.3. The van der Waals surface area contributed by atoms with E-state index >= 15 is 0 Å². The van der Waals surface area contributed by atoms with Crippen molar-refractivity contribution in [2.45, 2.75) is 40.0 Å². The van der Waals surface area contributed by atoms with Crippen LogP contribution in [0, 0.1) is 13.8 Å². The lowest BCUT2D eigenvalue weighted by Gasteiger charge is -2.14. The van der Waals surface area contributed by atoms with Crippen LogP contribution in [0.15, 0.2) is 43.2 Å². The van der Waals surface area contributed by atoms with Crippen LogP contribution in [0.4, 0.5) is 0 Å². The topological polar surface area (TPSA) is 55.8 Å². The van der Waals surface area contributed by atoms with E-state index in [1.165, 1.54) is 0 Å². The second-order valence-corrected chi connectivity index (χ2v) is 7.14. The maximum atomic E-state index is 11.7. The van der Waals surface area contributed by atoms with Gasteiger partial charge in [-0.1, -0.05) is 38.6 Å². The molecule has 0 saturated heterocycles. The highest BCUT2D eigenvalue weighted by Crippen LogP contribution is 2.35. The molecule has 0 radical (unpaired) electrons. The Balaban J connectivity index is 2.35. The van der Waals surface area contributed by atoms with Gasteiger partial charge in [0.2, 0.25) is 0 Å². The zero-order valence-corrected chi connectivity index (χ0v) is 16.0. The molecule has 2 aromatic carbocycles. The zero-order chi connectivity index (χ0) is 18.6. The Hall–Kier alpha value is -2.32. The molecule has 0 amide bonds. The maximum Gasteiger partial charge on any atom is 0.804 e. The fourth-order valence-corrected chi connectivity index (χ4v) is 3.31. The average molecular weight is 359 g/mol. The summed E-state index contributed by atoms with van der Waals surface area (Å²) in [5.41, 5.74) is 5.21. The van der Waals surface area contributed by atoms with Crippen LogP contribution in [0.3, 0.4) is 0 Å². The number of hydrogen-bond donors (Lipinski definition) is 1. The number of phenolic OH excluding ortho intramolecular Hbond substituents is 1. The maximum absolute atomic E-state index is 11.7. The molecule has 2 aromatic rings. The Bertz CT molecular complexity index is 797. The minimum absolute atomic E-state index is 0.247. The van der Waals surface area contributed by atoms with Gasteiger partial charge < -0.3 is 5.11 Å². The Labute approximate surface area is 150 Å². The summed E-state index contributed by atoms with van der Waals surface area (Å²) in [6.07, 6.45) is 1.81. The average Bonchev–Trinajstić information content (AvgIpc) is 2.55. The molecular weight excluding hydrogens is 335 g/mol. The molecule has 0 fully saturated rings. The van der Waals surface area contributed by atoms with Gasteiger partial charge in [-0.05, 0) is 60.6 Å². The van der Waals surface area contributed by atoms with Gasteiger partial charge in [-0.15, -0.1) is 0 Å². The quantitative estimate of drug-likeness (QED) is 0.492. The first kappa shape index (κ1) is 19.0. The largest absolute Gasteiger partial charge is 0.804 e. The van der Waals surface area contributed by atoms with Crippen molar-refractivity contribution in [1.82, 2.24) is 0 Å². The van der Waals surface area contributed by atoms with E-state index in [4.69, 9.17) is 9.05 Å². The minimum atomic E-state index is -2.27. The van der Waals surface area contributed by atoms with Crippen molar-refractivity contribution in [3.05, 3.63) is 71.0 Å². The molecule has 132 valence electrons. The van der Waals surface area contributed by atoms with Crippen molar-refractivity contribution in [3.8, 4) is 11.5 Å². The first-order chi connectivity index (χ1) is 11.8. The third-order valence-electron chi connectivity index (χ3n) is 4.21. The highest BCUT2D eigenvalue weighted by atomic mass is 31.1. The van der Waals surface area contributed by atoms with Gasteiger partial charge >= 0.3 is 8.25 Å². The summed E-state index contributed by atoms with van der Waals surface area (Å²) in [5.74, 6) is 1.10. The van der Waals surface area contributed by atoms with Crippen LogP contribution in [0.1, 0.15) is 47.6 Å². The molecule has 0 saturated carbocycles. The first-order valence-electron chi connectivity index (χ1n) is 8.17. The minimum Gasteiger partial charge on any atom is -0.508 e. The second kappa shape index (κ2) is 8.17. The Kier molecular flexibility index (Phi) is 6.22. The van der Waals surface area contributed by atoms with Crippen LogP contribution in [0.25, 0.3) is 0 Å². The van der Waals surface area contributed by atoms with Gasteiger partial charge in [0.05, 0.1) is 0 Å². The van der Waals surface area contributed by atoms with Crippen LogP contribution in [0.2, 0.25) is 0 Å². The van der Waals surface area contributed by atoms with E-state index in [-0.39, 0.29) is 5.92 Å². The SMILES string of the molecule is C=CO[P+](=O)Oc1ccc(C)c(Cc2ccc(O)c(C(C)C)c2)c1C. The van der Waals surface area contributed by atoms with Crippen LogP contribution in [0.5, 0.6) is 11.5 Å². The predicted molar refractivity (Wildman–Crippen MR) is 100 cm³/mol. The summed E-state index contributed by atoms with van der Waals surface area (Å²) in [4.78, 5) is 0. The number of benzene rings is 2. The zero-order valence-electron chi connectivity index (χ0n) is 15.1. The monoisotopic (exact) mass is 359 g/mol. The molecule has 0 bridgehead atoms. The molecule has 5 heteroatoms. The van der Waals surface area contributed by atoms with E-state index in [2.05, 4.69) is 20.4 Å². The molecule has 0 aliphatic heterocycles. The third kappa shape index (κ3) is 4.61. The first-order valence-corrected chi connectivity index (χ1v) is 9.26. The van der Waals surface area contributed by atoms with Gasteiger partial charge in [-0.2, -0.15) is 0 Å². The molecule has 0 aromatic heterocycles. The molecule has 0 aliphatic carbocycles. The van der Waals surface area contributed by atoms with Crippen molar-refractivity contribution in [2.24, 2.45) is 0 Å². The van der Waals surface area contributed by atoms with Crippen LogP contribution < -0.4 is 4.52 Å². The summed E-state index contributed by atoms with van der Waals surface area (Å²) >= 11 is 0. The third-order valence-corrected chi connectivity index (χ3v) is 4.88. The highest BCUT2D eigenvalue weighted by molar-refractivity contribution is 7.33. The van der Waals surface area contributed by atoms with E-state index in [9.17, 15) is 9.67 Å². The van der Waals surface area contributed by atoms with Crippen LogP contribution >= 0.6 is 8.25 Å². The van der Waals surface area contributed by atoms with Gasteiger partial charge in [0, 0.05) is 10.1 Å². The molecule has 1 atom stereocenters. The second-order valence-electron chi connectivity index (χ2n) is 6.30. The fraction of sp³-hybridized carbons (Fsp3) is 0.300. The van der Waals surface area contributed by atoms with Gasteiger partial charge in [0.25, 0.3) is 0 Å². The molecule has 0 heterocycles. The van der Waals surface area contributed by atoms with E-state index in [0.29, 0.717) is 17.9 Å². The van der Waals surface area contributed by atoms with Crippen molar-refractivity contribution in [2.75, 3.05) is 0 Å². The summed E-state index contributed by atoms with van der Waals surface area (Å²) < 4.78 is 21.8. The lowest BCUT2D eigenvalue weighted by Crippen LogP contribution is -1.99. The van der Waals surface area contributed by atoms with Gasteiger partial charge in [-0.3, -0.25) is 0 Å². The highest BCUT2D eigenvalue weighted by Gasteiger charge is 2.23. The standard InChI is InChI=1S/C20H23O4P/c1-6-23-25(22)24-20-10-7-14(4)18(15(20)5)12-16-8-9-19(21)17(11-16)13(2)3/h6-11,13H,1,12H2,2-5H3/p+1. The molecule has 1 unspecified atom stereocenters. The smallest absolute Gasteiger partial charge is 0.508 e. The molecular formula is C20H24O4P+. The summed E-state index contributed by atoms with van der Waals surface area (Å²) in [5, 5.41) is 10.00. The van der Waals surface area contributed by atoms with Crippen LogP contribution in [-0.4, -0.2) is 5.11 Å². The van der Waals surface area contributed by atoms with E-state index in [1.807, 2.05) is 32.0 Å². The number of aromatic hydroxyl groups is 1. The Morgan fingerprint density at radius 1 is 1.24 bits per heavy atom. The van der Waals surface area contributed by atoms with E-state index in [0.717, 1.165) is 34.1 Å². The number of aryl methyl sites for hydroxylation is 1. The van der Waals surface area contributed by atoms with E-state index in [1.54, 1.807) is 12.1 Å². The lowest BCUT2D eigenvalue weighted by atomic mass is 9.92. The van der Waals surface area contributed by atoms with Crippen molar-refractivity contribution in [3.63, 3.8) is 0 Å². The Morgan fingerprint density at radius 3 is 2.60 bits per heavy atom. The van der Waals surface area contributed by atoms with Gasteiger partial charge in [0.1, 0.15) is 12.0 Å². The molecule has 25 heavy (non-hydrogen) atoms. The summed E-state index contributed by atoms with van der Waals surface area (Å²) in [6.45, 7) is 11.5. The van der Waals surface area contributed by atoms with Crippen molar-refractivity contribution in [1.29, 1.82) is 0 Å². The van der Waals surface area contributed by atoms with Crippen LogP contribution in [-0.2, 0) is 15.5 Å². The van der Waals surface area contributed by atoms with Crippen molar-refractivity contribution >= 4 is 8.25 Å². The molecule has 2 rings (SSSR count). The number of hydrogen-bond acceptors (Lipinski definition) is 4. The van der Waals surface area contributed by atoms with Gasteiger partial charge in [0.15, 0.2) is 5.75 Å². The molecule has 0 aliphatic rings.